The van der Waals surface area contributed by atoms with E-state index in [0.717, 1.165) is 0 Å². The van der Waals surface area contributed by atoms with E-state index in [-0.39, 0.29) is 16.3 Å². The van der Waals surface area contributed by atoms with Crippen LogP contribution in [0.15, 0.2) is 12.1 Å². The lowest BCUT2D eigenvalue weighted by Gasteiger charge is -2.02. The molecule has 62 valence electrons. The van der Waals surface area contributed by atoms with E-state index in [4.69, 9.17) is 21.6 Å². The number of hydrogen-bond acceptors (Lipinski definition) is 3. The van der Waals surface area contributed by atoms with Crippen molar-refractivity contribution in [1.29, 1.82) is 5.26 Å². The molecule has 0 aliphatic rings. The molecule has 0 aromatic heterocycles. The summed E-state index contributed by atoms with van der Waals surface area (Å²) in [6.07, 6.45) is 0. The lowest BCUT2D eigenvalue weighted by Crippen LogP contribution is -1.85. The van der Waals surface area contributed by atoms with Gasteiger partial charge in [-0.05, 0) is 0 Å². The fraction of sp³-hybridized carbons (Fsp3) is 0.125. The lowest BCUT2D eigenvalue weighted by atomic mass is 10.2. The highest BCUT2D eigenvalue weighted by Gasteiger charge is 2.07. The van der Waals surface area contributed by atoms with Crippen LogP contribution in [0.1, 0.15) is 5.56 Å². The highest BCUT2D eigenvalue weighted by molar-refractivity contribution is 6.32. The molecule has 1 aromatic rings. The van der Waals surface area contributed by atoms with E-state index in [1.807, 2.05) is 0 Å². The van der Waals surface area contributed by atoms with Crippen molar-refractivity contribution < 1.29 is 9.84 Å². The number of nitriles is 1. The van der Waals surface area contributed by atoms with E-state index < -0.39 is 0 Å². The smallest absolute Gasteiger partial charge is 0.152 e. The monoisotopic (exact) mass is 183 g/mol. The highest BCUT2D eigenvalue weighted by atomic mass is 35.5. The number of phenols is 1. The Hall–Kier alpha value is -1.40. The van der Waals surface area contributed by atoms with Gasteiger partial charge in [0.05, 0.1) is 17.7 Å². The molecule has 4 heteroatoms. The zero-order valence-corrected chi connectivity index (χ0v) is 7.09. The first-order chi connectivity index (χ1) is 5.69. The average molecular weight is 184 g/mol. The molecule has 0 saturated carbocycles. The maximum atomic E-state index is 9.21. The molecule has 1 rings (SSSR count). The second-order valence-corrected chi connectivity index (χ2v) is 2.52. The molecule has 12 heavy (non-hydrogen) atoms. The van der Waals surface area contributed by atoms with Crippen LogP contribution in [-0.2, 0) is 0 Å². The summed E-state index contributed by atoms with van der Waals surface area (Å²) in [5.41, 5.74) is 0.111. The summed E-state index contributed by atoms with van der Waals surface area (Å²) < 4.78 is 4.85. The van der Waals surface area contributed by atoms with Crippen LogP contribution in [0.4, 0.5) is 0 Å². The van der Waals surface area contributed by atoms with Gasteiger partial charge in [-0.15, -0.1) is 0 Å². The van der Waals surface area contributed by atoms with Crippen molar-refractivity contribution in [2.24, 2.45) is 0 Å². The molecule has 0 atom stereocenters. The third-order valence-electron chi connectivity index (χ3n) is 1.39. The summed E-state index contributed by atoms with van der Waals surface area (Å²) in [6.45, 7) is 0. The van der Waals surface area contributed by atoms with Crippen molar-refractivity contribution in [1.82, 2.24) is 0 Å². The Balaban J connectivity index is 3.31. The maximum Gasteiger partial charge on any atom is 0.152 e. The van der Waals surface area contributed by atoms with Crippen molar-refractivity contribution >= 4 is 11.6 Å². The van der Waals surface area contributed by atoms with E-state index >= 15 is 0 Å². The van der Waals surface area contributed by atoms with Crippen LogP contribution in [0.2, 0.25) is 5.02 Å². The zero-order chi connectivity index (χ0) is 9.14. The molecule has 0 spiro atoms. The topological polar surface area (TPSA) is 53.2 Å². The molecule has 3 nitrogen and oxygen atoms in total. The van der Waals surface area contributed by atoms with Crippen LogP contribution in [0, 0.1) is 11.3 Å². The Morgan fingerprint density at radius 2 is 2.25 bits per heavy atom. The van der Waals surface area contributed by atoms with Gasteiger partial charge in [-0.1, -0.05) is 11.6 Å². The number of benzene rings is 1. The van der Waals surface area contributed by atoms with Crippen LogP contribution < -0.4 is 4.74 Å². The molecule has 0 saturated heterocycles. The van der Waals surface area contributed by atoms with Crippen molar-refractivity contribution in [3.63, 3.8) is 0 Å². The molecule has 0 unspecified atom stereocenters. The molecule has 0 heterocycles. The fourth-order valence-electron chi connectivity index (χ4n) is 0.777. The highest BCUT2D eigenvalue weighted by Crippen LogP contribution is 2.31. The van der Waals surface area contributed by atoms with Gasteiger partial charge in [-0.2, -0.15) is 5.26 Å². The number of phenolic OH excluding ortho intramolecular Hbond substituents is 1. The Morgan fingerprint density at radius 3 is 2.75 bits per heavy atom. The average Bonchev–Trinajstić information content (AvgIpc) is 2.09. The maximum absolute atomic E-state index is 9.21. The Kier molecular flexibility index (Phi) is 2.41. The summed E-state index contributed by atoms with van der Waals surface area (Å²) in [4.78, 5) is 0. The van der Waals surface area contributed by atoms with Crippen molar-refractivity contribution in [2.45, 2.75) is 0 Å². The van der Waals surface area contributed by atoms with Crippen LogP contribution in [0.5, 0.6) is 11.5 Å². The predicted octanol–water partition coefficient (Wildman–Crippen LogP) is 1.93. The van der Waals surface area contributed by atoms with Gasteiger partial charge in [-0.3, -0.25) is 0 Å². The number of methoxy groups -OCH3 is 1. The van der Waals surface area contributed by atoms with Crippen molar-refractivity contribution in [2.75, 3.05) is 7.11 Å². The minimum absolute atomic E-state index is 0.111. The van der Waals surface area contributed by atoms with E-state index in [2.05, 4.69) is 0 Å². The van der Waals surface area contributed by atoms with Gasteiger partial charge in [0, 0.05) is 12.1 Å². The van der Waals surface area contributed by atoms with E-state index in [1.54, 1.807) is 6.07 Å². The Labute approximate surface area is 74.8 Å². The zero-order valence-electron chi connectivity index (χ0n) is 6.34. The quantitative estimate of drug-likeness (QED) is 0.724. The van der Waals surface area contributed by atoms with Gasteiger partial charge in [0.1, 0.15) is 11.8 Å². The lowest BCUT2D eigenvalue weighted by molar-refractivity contribution is 0.412. The molecule has 0 aliphatic carbocycles. The minimum Gasteiger partial charge on any atom is -0.505 e. The number of ether oxygens (including phenoxy) is 1. The summed E-state index contributed by atoms with van der Waals surface area (Å²) in [5.74, 6) is 0.245. The van der Waals surface area contributed by atoms with Crippen molar-refractivity contribution in [3.05, 3.63) is 22.7 Å². The Morgan fingerprint density at radius 1 is 1.58 bits per heavy atom. The number of rotatable bonds is 1. The van der Waals surface area contributed by atoms with Gasteiger partial charge >= 0.3 is 0 Å². The van der Waals surface area contributed by atoms with Gasteiger partial charge in [0.15, 0.2) is 5.75 Å². The third kappa shape index (κ3) is 1.44. The van der Waals surface area contributed by atoms with Gasteiger partial charge in [-0.25, -0.2) is 0 Å². The van der Waals surface area contributed by atoms with Crippen LogP contribution >= 0.6 is 11.6 Å². The summed E-state index contributed by atoms with van der Waals surface area (Å²) >= 11 is 5.60. The second-order valence-electron chi connectivity index (χ2n) is 2.12. The largest absolute Gasteiger partial charge is 0.505 e. The first-order valence-electron chi connectivity index (χ1n) is 3.15. The molecular weight excluding hydrogens is 178 g/mol. The van der Waals surface area contributed by atoms with Gasteiger partial charge in [0.2, 0.25) is 0 Å². The molecule has 1 N–H and O–H groups in total. The number of aromatic hydroxyl groups is 1. The van der Waals surface area contributed by atoms with Crippen LogP contribution in [-0.4, -0.2) is 12.2 Å². The van der Waals surface area contributed by atoms with Crippen LogP contribution in [0.3, 0.4) is 0 Å². The van der Waals surface area contributed by atoms with Crippen molar-refractivity contribution in [3.8, 4) is 17.6 Å². The molecule has 0 amide bonds. The standard InChI is InChI=1S/C8H6ClNO2/c1-12-6-2-5(4-10)8(11)7(9)3-6/h2-3,11H,1H3. The van der Waals surface area contributed by atoms with Crippen LogP contribution in [0.25, 0.3) is 0 Å². The van der Waals surface area contributed by atoms with E-state index in [9.17, 15) is 5.11 Å². The summed E-state index contributed by atoms with van der Waals surface area (Å²) in [5, 5.41) is 17.9. The third-order valence-corrected chi connectivity index (χ3v) is 1.68. The number of nitrogens with zero attached hydrogens (tertiary/aromatic N) is 1. The molecule has 0 fully saturated rings. The normalized spacial score (nSPS) is 9.08. The predicted molar refractivity (Wildman–Crippen MR) is 44.4 cm³/mol. The first-order valence-corrected chi connectivity index (χ1v) is 3.53. The molecule has 1 aromatic carbocycles. The van der Waals surface area contributed by atoms with E-state index in [1.165, 1.54) is 19.2 Å². The minimum atomic E-state index is -0.208. The van der Waals surface area contributed by atoms with Gasteiger partial charge < -0.3 is 9.84 Å². The molecule has 0 aliphatic heterocycles. The summed E-state index contributed by atoms with van der Waals surface area (Å²) in [6, 6.07) is 4.66. The number of hydrogen-bond donors (Lipinski definition) is 1. The fourth-order valence-corrected chi connectivity index (χ4v) is 0.987. The molecule has 0 radical (unpaired) electrons. The Bertz CT molecular complexity index is 344. The van der Waals surface area contributed by atoms with E-state index in [0.29, 0.717) is 5.75 Å². The summed E-state index contributed by atoms with van der Waals surface area (Å²) in [7, 11) is 1.46. The second kappa shape index (κ2) is 3.33. The SMILES string of the molecule is COc1cc(Cl)c(O)c(C#N)c1. The molecule has 0 bridgehead atoms. The number of halogens is 1. The molecular formula is C8H6ClNO2. The first kappa shape index (κ1) is 8.69. The van der Waals surface area contributed by atoms with Gasteiger partial charge in [0.25, 0.3) is 0 Å².